The predicted octanol–water partition coefficient (Wildman–Crippen LogP) is -0.141. The number of nitrogens with zero attached hydrogens (tertiary/aromatic N) is 1. The summed E-state index contributed by atoms with van der Waals surface area (Å²) >= 11 is 0. The Hall–Kier alpha value is -2.59. The number of hydrogen-bond donors (Lipinski definition) is 2. The van der Waals surface area contributed by atoms with Gasteiger partial charge in [-0.1, -0.05) is 12.1 Å². The summed E-state index contributed by atoms with van der Waals surface area (Å²) in [6.07, 6.45) is -0.887. The van der Waals surface area contributed by atoms with Crippen molar-refractivity contribution in [3.63, 3.8) is 0 Å². The van der Waals surface area contributed by atoms with E-state index >= 15 is 0 Å². The molecule has 0 heterocycles. The van der Waals surface area contributed by atoms with Crippen molar-refractivity contribution in [2.75, 3.05) is 6.61 Å². The van der Waals surface area contributed by atoms with Crippen LogP contribution in [0.5, 0.6) is 5.75 Å². The maximum absolute atomic E-state index is 11.5. The highest BCUT2D eigenvalue weighted by Gasteiger charge is 2.16. The molecule has 0 spiro atoms. The van der Waals surface area contributed by atoms with Gasteiger partial charge in [0.1, 0.15) is 11.8 Å². The molecule has 7 nitrogen and oxygen atoms in total. The lowest BCUT2D eigenvalue weighted by atomic mass is 10.2. The number of benzene rings is 1. The van der Waals surface area contributed by atoms with Crippen LogP contribution in [0.3, 0.4) is 0 Å². The molecule has 0 fully saturated rings. The van der Waals surface area contributed by atoms with Gasteiger partial charge in [0.15, 0.2) is 12.7 Å². The van der Waals surface area contributed by atoms with E-state index in [1.54, 1.807) is 24.3 Å². The van der Waals surface area contributed by atoms with Crippen LogP contribution in [0.2, 0.25) is 0 Å². The second-order valence-corrected chi connectivity index (χ2v) is 3.59. The van der Waals surface area contributed by atoms with Crippen molar-refractivity contribution in [3.8, 4) is 11.8 Å². The molecule has 1 aromatic carbocycles. The molecule has 0 aromatic heterocycles. The zero-order valence-corrected chi connectivity index (χ0v) is 10.3. The first-order valence-corrected chi connectivity index (χ1v) is 5.40. The molecule has 1 atom stereocenters. The van der Waals surface area contributed by atoms with Crippen LogP contribution < -0.4 is 16.0 Å². The molecule has 100 valence electrons. The lowest BCUT2D eigenvalue weighted by Gasteiger charge is -2.14. The number of hydrogen-bond acceptors (Lipinski definition) is 5. The average Bonchev–Trinajstić information content (AvgIpc) is 2.38. The fraction of sp³-hybridized carbons (Fsp3) is 0.250. The molecule has 19 heavy (non-hydrogen) atoms. The van der Waals surface area contributed by atoms with Gasteiger partial charge in [-0.05, 0) is 19.1 Å². The second-order valence-electron chi connectivity index (χ2n) is 3.59. The number of nitrogens with one attached hydrogen (secondary N) is 1. The largest absolute Gasteiger partial charge is 0.479 e. The van der Waals surface area contributed by atoms with E-state index in [4.69, 9.17) is 15.7 Å². The third-order valence-electron chi connectivity index (χ3n) is 2.07. The molecule has 1 rings (SSSR count). The average molecular weight is 263 g/mol. The van der Waals surface area contributed by atoms with E-state index < -0.39 is 24.5 Å². The molecule has 0 saturated heterocycles. The summed E-state index contributed by atoms with van der Waals surface area (Å²) in [6, 6.07) is 8.47. The molecule has 1 unspecified atom stereocenters. The van der Waals surface area contributed by atoms with Gasteiger partial charge in [0.2, 0.25) is 5.91 Å². The van der Waals surface area contributed by atoms with Crippen molar-refractivity contribution in [1.29, 1.82) is 5.26 Å². The molecule has 0 aliphatic heterocycles. The van der Waals surface area contributed by atoms with Crippen LogP contribution in [0, 0.1) is 11.3 Å². The van der Waals surface area contributed by atoms with Crippen LogP contribution in [0.4, 0.5) is 0 Å². The first kappa shape index (κ1) is 14.5. The number of amides is 2. The van der Waals surface area contributed by atoms with Crippen LogP contribution in [-0.2, 0) is 14.4 Å². The number of ether oxygens (including phenoxy) is 1. The summed E-state index contributed by atoms with van der Waals surface area (Å²) in [5.41, 5.74) is 7.18. The number of primary amides is 1. The maximum atomic E-state index is 11.5. The lowest BCUT2D eigenvalue weighted by Crippen LogP contribution is -2.38. The SMILES string of the molecule is CC(Oc1ccccc1C#N)C(=O)NOCC(N)=O. The smallest absolute Gasteiger partial charge is 0.284 e. The molecular weight excluding hydrogens is 250 g/mol. The van der Waals surface area contributed by atoms with Crippen molar-refractivity contribution in [2.24, 2.45) is 5.73 Å². The summed E-state index contributed by atoms with van der Waals surface area (Å²) in [5.74, 6) is -1.000. The molecule has 2 amide bonds. The van der Waals surface area contributed by atoms with Gasteiger partial charge in [-0.2, -0.15) is 5.26 Å². The Labute approximate surface area is 109 Å². The maximum Gasteiger partial charge on any atom is 0.284 e. The monoisotopic (exact) mass is 263 g/mol. The Balaban J connectivity index is 2.54. The lowest BCUT2D eigenvalue weighted by molar-refractivity contribution is -0.143. The van der Waals surface area contributed by atoms with E-state index in [1.165, 1.54) is 6.92 Å². The van der Waals surface area contributed by atoms with Crippen molar-refractivity contribution >= 4 is 11.8 Å². The molecular formula is C12H13N3O4. The van der Waals surface area contributed by atoms with E-state index in [0.29, 0.717) is 11.3 Å². The van der Waals surface area contributed by atoms with Crippen LogP contribution in [0.25, 0.3) is 0 Å². The summed E-state index contributed by atoms with van der Waals surface area (Å²) < 4.78 is 5.32. The highest BCUT2D eigenvalue weighted by molar-refractivity contribution is 5.80. The van der Waals surface area contributed by atoms with Crippen LogP contribution in [0.15, 0.2) is 24.3 Å². The van der Waals surface area contributed by atoms with E-state index in [9.17, 15) is 9.59 Å². The van der Waals surface area contributed by atoms with Crippen LogP contribution in [0.1, 0.15) is 12.5 Å². The predicted molar refractivity (Wildman–Crippen MR) is 64.5 cm³/mol. The number of carbonyl (C=O) groups excluding carboxylic acids is 2. The third-order valence-corrected chi connectivity index (χ3v) is 2.07. The van der Waals surface area contributed by atoms with E-state index in [-0.39, 0.29) is 0 Å². The highest BCUT2D eigenvalue weighted by atomic mass is 16.7. The van der Waals surface area contributed by atoms with Crippen molar-refractivity contribution in [2.45, 2.75) is 13.0 Å². The summed E-state index contributed by atoms with van der Waals surface area (Å²) in [5, 5.41) is 8.87. The minimum absolute atomic E-state index is 0.294. The van der Waals surface area contributed by atoms with Gasteiger partial charge in [-0.25, -0.2) is 5.48 Å². The van der Waals surface area contributed by atoms with Crippen LogP contribution in [-0.4, -0.2) is 24.5 Å². The van der Waals surface area contributed by atoms with E-state index in [2.05, 4.69) is 4.84 Å². The van der Waals surface area contributed by atoms with Gasteiger partial charge in [-0.15, -0.1) is 0 Å². The number of rotatable bonds is 6. The third kappa shape index (κ3) is 4.65. The summed E-state index contributed by atoms with van der Waals surface area (Å²) in [6.45, 7) is 1.06. The minimum Gasteiger partial charge on any atom is -0.479 e. The first-order valence-electron chi connectivity index (χ1n) is 5.40. The van der Waals surface area contributed by atoms with Gasteiger partial charge < -0.3 is 10.5 Å². The normalized spacial score (nSPS) is 11.2. The fourth-order valence-corrected chi connectivity index (χ4v) is 1.17. The Kier molecular flexibility index (Phi) is 5.32. The number of para-hydroxylation sites is 1. The quantitative estimate of drug-likeness (QED) is 0.693. The standard InChI is InChI=1S/C12H13N3O4/c1-8(12(17)15-18-7-11(14)16)19-10-5-3-2-4-9(10)6-13/h2-5,8H,7H2,1H3,(H2,14,16)(H,15,17). The number of nitriles is 1. The van der Waals surface area contributed by atoms with Gasteiger partial charge in [0.25, 0.3) is 5.91 Å². The Morgan fingerprint density at radius 2 is 2.16 bits per heavy atom. The van der Waals surface area contributed by atoms with E-state index in [0.717, 1.165) is 0 Å². The number of carbonyl (C=O) groups is 2. The van der Waals surface area contributed by atoms with Gasteiger partial charge >= 0.3 is 0 Å². The molecule has 7 heteroatoms. The Morgan fingerprint density at radius 3 is 2.79 bits per heavy atom. The zero-order valence-electron chi connectivity index (χ0n) is 10.3. The summed E-state index contributed by atoms with van der Waals surface area (Å²) in [4.78, 5) is 26.5. The topological polar surface area (TPSA) is 114 Å². The molecule has 3 N–H and O–H groups in total. The fourth-order valence-electron chi connectivity index (χ4n) is 1.17. The van der Waals surface area contributed by atoms with Crippen molar-refractivity contribution in [3.05, 3.63) is 29.8 Å². The zero-order chi connectivity index (χ0) is 14.3. The molecule has 0 aliphatic rings. The van der Waals surface area contributed by atoms with Crippen molar-refractivity contribution < 1.29 is 19.2 Å². The molecule has 0 aliphatic carbocycles. The molecule has 0 radical (unpaired) electrons. The Bertz CT molecular complexity index is 510. The molecule has 1 aromatic rings. The second kappa shape index (κ2) is 6.98. The van der Waals surface area contributed by atoms with Crippen LogP contribution >= 0.6 is 0 Å². The van der Waals surface area contributed by atoms with Gasteiger partial charge in [0.05, 0.1) is 5.56 Å². The minimum atomic E-state index is -0.887. The molecule has 0 bridgehead atoms. The van der Waals surface area contributed by atoms with E-state index in [1.807, 2.05) is 11.5 Å². The highest BCUT2D eigenvalue weighted by Crippen LogP contribution is 2.17. The Morgan fingerprint density at radius 1 is 1.47 bits per heavy atom. The number of hydroxylamine groups is 1. The molecule has 0 saturated carbocycles. The van der Waals surface area contributed by atoms with Gasteiger partial charge in [0, 0.05) is 0 Å². The first-order chi connectivity index (χ1) is 9.04. The van der Waals surface area contributed by atoms with Gasteiger partial charge in [-0.3, -0.25) is 14.4 Å². The number of nitrogens with two attached hydrogens (primary N) is 1. The summed E-state index contributed by atoms with van der Waals surface area (Å²) in [7, 11) is 0. The van der Waals surface area contributed by atoms with Crippen molar-refractivity contribution in [1.82, 2.24) is 5.48 Å².